The number of carboxylic acids is 2. The van der Waals surface area contributed by atoms with Gasteiger partial charge in [0.05, 0.1) is 6.61 Å². The Balaban J connectivity index is 5.10. The number of ether oxygens (including phenoxy) is 1. The number of aliphatic carboxylic acids is 2. The van der Waals surface area contributed by atoms with E-state index < -0.39 is 23.3 Å². The number of hydrogen-bond acceptors (Lipinski definition) is 3. The Labute approximate surface area is 95.4 Å². The van der Waals surface area contributed by atoms with Crippen LogP contribution in [0.3, 0.4) is 0 Å². The summed E-state index contributed by atoms with van der Waals surface area (Å²) < 4.78 is 5.17. The summed E-state index contributed by atoms with van der Waals surface area (Å²) in [7, 11) is 0. The van der Waals surface area contributed by atoms with Gasteiger partial charge in [-0.2, -0.15) is 0 Å². The third kappa shape index (κ3) is 2.72. The predicted molar refractivity (Wildman–Crippen MR) is 58.3 cm³/mol. The molecule has 94 valence electrons. The molecule has 0 aliphatic rings. The van der Waals surface area contributed by atoms with Crippen molar-refractivity contribution in [1.29, 1.82) is 0 Å². The van der Waals surface area contributed by atoms with Crippen molar-refractivity contribution in [2.24, 2.45) is 11.3 Å². The van der Waals surface area contributed by atoms with Crippen LogP contribution in [-0.2, 0) is 14.3 Å². The summed E-state index contributed by atoms with van der Waals surface area (Å²) in [6.45, 7) is 5.77. The Morgan fingerprint density at radius 2 is 1.69 bits per heavy atom. The molecule has 0 aromatic rings. The molecule has 0 bridgehead atoms. The normalized spacial score (nSPS) is 13.4. The van der Waals surface area contributed by atoms with Crippen LogP contribution in [0.4, 0.5) is 0 Å². The molecular weight excluding hydrogens is 212 g/mol. The zero-order valence-electron chi connectivity index (χ0n) is 10.0. The fraction of sp³-hybridized carbons (Fsp3) is 0.818. The number of carboxylic acid groups (broad SMARTS) is 2. The van der Waals surface area contributed by atoms with Gasteiger partial charge in [0.15, 0.2) is 5.41 Å². The molecular formula is C11H20O5. The van der Waals surface area contributed by atoms with E-state index in [0.717, 1.165) is 0 Å². The Hall–Kier alpha value is -1.10. The first-order valence-corrected chi connectivity index (χ1v) is 5.51. The molecule has 2 N–H and O–H groups in total. The lowest BCUT2D eigenvalue weighted by atomic mass is 9.72. The second-order valence-corrected chi connectivity index (χ2v) is 3.70. The fourth-order valence-corrected chi connectivity index (χ4v) is 1.90. The maximum absolute atomic E-state index is 11.2. The summed E-state index contributed by atoms with van der Waals surface area (Å²) in [6.07, 6.45) is 0.523. The first kappa shape index (κ1) is 14.9. The van der Waals surface area contributed by atoms with Crippen LogP contribution in [0.1, 0.15) is 33.6 Å². The van der Waals surface area contributed by atoms with Crippen LogP contribution in [0, 0.1) is 11.3 Å². The topological polar surface area (TPSA) is 83.8 Å². The highest BCUT2D eigenvalue weighted by molar-refractivity contribution is 5.98. The molecule has 0 radical (unpaired) electrons. The second-order valence-electron chi connectivity index (χ2n) is 3.70. The van der Waals surface area contributed by atoms with Crippen molar-refractivity contribution >= 4 is 11.9 Å². The number of rotatable bonds is 8. The van der Waals surface area contributed by atoms with Crippen molar-refractivity contribution in [2.45, 2.75) is 33.6 Å². The van der Waals surface area contributed by atoms with Gasteiger partial charge in [0, 0.05) is 12.5 Å². The average molecular weight is 232 g/mol. The maximum atomic E-state index is 11.2. The second kappa shape index (κ2) is 6.48. The Morgan fingerprint density at radius 3 is 1.94 bits per heavy atom. The van der Waals surface area contributed by atoms with E-state index in [-0.39, 0.29) is 13.0 Å². The van der Waals surface area contributed by atoms with Crippen molar-refractivity contribution in [3.05, 3.63) is 0 Å². The van der Waals surface area contributed by atoms with E-state index in [1.807, 2.05) is 0 Å². The van der Waals surface area contributed by atoms with Crippen molar-refractivity contribution in [1.82, 2.24) is 0 Å². The van der Waals surface area contributed by atoms with E-state index >= 15 is 0 Å². The molecule has 0 fully saturated rings. The van der Waals surface area contributed by atoms with E-state index in [2.05, 4.69) is 0 Å². The highest BCUT2D eigenvalue weighted by atomic mass is 16.5. The molecule has 16 heavy (non-hydrogen) atoms. The first-order valence-electron chi connectivity index (χ1n) is 5.51. The molecule has 0 aromatic heterocycles. The maximum Gasteiger partial charge on any atom is 0.321 e. The standard InChI is InChI=1S/C11H20O5/c1-4-8(7-16-6-3)11(5-2,9(12)13)10(14)15/h8H,4-7H2,1-3H3,(H,12,13)(H,14,15). The third-order valence-electron chi connectivity index (χ3n) is 3.03. The summed E-state index contributed by atoms with van der Waals surface area (Å²) in [5, 5.41) is 18.3. The summed E-state index contributed by atoms with van der Waals surface area (Å²) in [4.78, 5) is 22.4. The van der Waals surface area contributed by atoms with Crippen molar-refractivity contribution in [2.75, 3.05) is 13.2 Å². The Morgan fingerprint density at radius 1 is 1.19 bits per heavy atom. The molecule has 0 heterocycles. The predicted octanol–water partition coefficient (Wildman–Crippen LogP) is 1.61. The minimum Gasteiger partial charge on any atom is -0.480 e. The number of hydrogen-bond donors (Lipinski definition) is 2. The molecule has 1 unspecified atom stereocenters. The van der Waals surface area contributed by atoms with Gasteiger partial charge >= 0.3 is 11.9 Å². The molecule has 0 amide bonds. The van der Waals surface area contributed by atoms with Crippen LogP contribution in [0.5, 0.6) is 0 Å². The summed E-state index contributed by atoms with van der Waals surface area (Å²) >= 11 is 0. The van der Waals surface area contributed by atoms with Gasteiger partial charge in [-0.3, -0.25) is 9.59 Å². The lowest BCUT2D eigenvalue weighted by molar-refractivity contribution is -0.172. The van der Waals surface area contributed by atoms with Crippen LogP contribution >= 0.6 is 0 Å². The highest BCUT2D eigenvalue weighted by Crippen LogP contribution is 2.35. The highest BCUT2D eigenvalue weighted by Gasteiger charge is 2.50. The average Bonchev–Trinajstić information content (AvgIpc) is 2.23. The molecule has 0 spiro atoms. The summed E-state index contributed by atoms with van der Waals surface area (Å²) in [5.41, 5.74) is -1.73. The van der Waals surface area contributed by atoms with Gasteiger partial charge in [-0.05, 0) is 19.8 Å². The van der Waals surface area contributed by atoms with Crippen LogP contribution < -0.4 is 0 Å². The SMILES string of the molecule is CCOCC(CC)C(CC)(C(=O)O)C(=O)O. The van der Waals surface area contributed by atoms with E-state index in [1.165, 1.54) is 0 Å². The molecule has 0 saturated heterocycles. The van der Waals surface area contributed by atoms with E-state index in [9.17, 15) is 9.59 Å². The van der Waals surface area contributed by atoms with E-state index in [1.54, 1.807) is 20.8 Å². The smallest absolute Gasteiger partial charge is 0.321 e. The Kier molecular flexibility index (Phi) is 6.03. The van der Waals surface area contributed by atoms with Gasteiger partial charge < -0.3 is 14.9 Å². The monoisotopic (exact) mass is 232 g/mol. The van der Waals surface area contributed by atoms with Gasteiger partial charge in [0.25, 0.3) is 0 Å². The van der Waals surface area contributed by atoms with Gasteiger partial charge in [-0.1, -0.05) is 13.8 Å². The van der Waals surface area contributed by atoms with Crippen LogP contribution in [0.2, 0.25) is 0 Å². The zero-order chi connectivity index (χ0) is 12.8. The minimum atomic E-state index is -1.73. The number of carbonyl (C=O) groups is 2. The van der Waals surface area contributed by atoms with Gasteiger partial charge in [-0.15, -0.1) is 0 Å². The molecule has 0 aliphatic heterocycles. The molecule has 0 saturated carbocycles. The minimum absolute atomic E-state index is 0.0588. The molecule has 1 atom stereocenters. The van der Waals surface area contributed by atoms with Crippen LogP contribution in [-0.4, -0.2) is 35.4 Å². The van der Waals surface area contributed by atoms with E-state index in [0.29, 0.717) is 13.0 Å². The van der Waals surface area contributed by atoms with Crippen LogP contribution in [0.25, 0.3) is 0 Å². The molecule has 0 rings (SSSR count). The van der Waals surface area contributed by atoms with Gasteiger partial charge in [-0.25, -0.2) is 0 Å². The fourth-order valence-electron chi connectivity index (χ4n) is 1.90. The third-order valence-corrected chi connectivity index (χ3v) is 3.03. The van der Waals surface area contributed by atoms with Crippen LogP contribution in [0.15, 0.2) is 0 Å². The Bertz CT molecular complexity index is 235. The molecule has 5 heteroatoms. The lowest BCUT2D eigenvalue weighted by Crippen LogP contribution is -2.46. The lowest BCUT2D eigenvalue weighted by Gasteiger charge is -2.31. The molecule has 0 aromatic carbocycles. The van der Waals surface area contributed by atoms with Gasteiger partial charge in [0.1, 0.15) is 0 Å². The van der Waals surface area contributed by atoms with Crippen molar-refractivity contribution in [3.8, 4) is 0 Å². The van der Waals surface area contributed by atoms with Crippen molar-refractivity contribution < 1.29 is 24.5 Å². The molecule has 0 aliphatic carbocycles. The quantitative estimate of drug-likeness (QED) is 0.621. The largest absolute Gasteiger partial charge is 0.480 e. The molecule has 5 nitrogen and oxygen atoms in total. The summed E-state index contributed by atoms with van der Waals surface area (Å²) in [6, 6.07) is 0. The summed E-state index contributed by atoms with van der Waals surface area (Å²) in [5.74, 6) is -3.07. The van der Waals surface area contributed by atoms with Crippen molar-refractivity contribution in [3.63, 3.8) is 0 Å². The van der Waals surface area contributed by atoms with Gasteiger partial charge in [0.2, 0.25) is 0 Å². The zero-order valence-corrected chi connectivity index (χ0v) is 10.0. The first-order chi connectivity index (χ1) is 7.47. The van der Waals surface area contributed by atoms with E-state index in [4.69, 9.17) is 14.9 Å².